The van der Waals surface area contributed by atoms with Gasteiger partial charge in [0.15, 0.2) is 0 Å². The zero-order valence-electron chi connectivity index (χ0n) is 7.04. The first-order chi connectivity index (χ1) is 5.04. The number of halogens is 1. The SMILES string of the molecule is CC(C)C1CN(C)C(=O)N1I. The highest BCUT2D eigenvalue weighted by Crippen LogP contribution is 2.23. The predicted octanol–water partition coefficient (Wildman–Crippen LogP) is 1.73. The van der Waals surface area contributed by atoms with E-state index < -0.39 is 0 Å². The van der Waals surface area contributed by atoms with E-state index in [1.54, 1.807) is 8.01 Å². The fraction of sp³-hybridized carbons (Fsp3) is 0.857. The molecule has 0 radical (unpaired) electrons. The van der Waals surface area contributed by atoms with Crippen LogP contribution in [0.3, 0.4) is 0 Å². The average molecular weight is 268 g/mol. The summed E-state index contributed by atoms with van der Waals surface area (Å²) in [6.07, 6.45) is 0. The molecule has 1 fully saturated rings. The van der Waals surface area contributed by atoms with Gasteiger partial charge in [-0.15, -0.1) is 0 Å². The predicted molar refractivity (Wildman–Crippen MR) is 52.5 cm³/mol. The van der Waals surface area contributed by atoms with Crippen molar-refractivity contribution < 1.29 is 4.79 Å². The maximum atomic E-state index is 11.3. The molecule has 0 aromatic heterocycles. The summed E-state index contributed by atoms with van der Waals surface area (Å²) in [7, 11) is 1.84. The first-order valence-electron chi connectivity index (χ1n) is 3.74. The smallest absolute Gasteiger partial charge is 0.325 e. The lowest BCUT2D eigenvalue weighted by molar-refractivity contribution is 0.217. The molecule has 0 N–H and O–H groups in total. The molecule has 1 saturated heterocycles. The molecule has 0 spiro atoms. The number of hydrogen-bond acceptors (Lipinski definition) is 1. The number of carbonyl (C=O) groups is 1. The second-order valence-electron chi connectivity index (χ2n) is 3.29. The van der Waals surface area contributed by atoms with Crippen molar-refractivity contribution in [2.45, 2.75) is 19.9 Å². The van der Waals surface area contributed by atoms with Crippen LogP contribution in [0.2, 0.25) is 0 Å². The van der Waals surface area contributed by atoms with Crippen LogP contribution in [0.15, 0.2) is 0 Å². The molecule has 0 saturated carbocycles. The van der Waals surface area contributed by atoms with Gasteiger partial charge in [0.05, 0.1) is 28.9 Å². The molecule has 0 aliphatic carbocycles. The maximum absolute atomic E-state index is 11.3. The fourth-order valence-electron chi connectivity index (χ4n) is 1.21. The number of likely N-dealkylation sites (N-methyl/N-ethyl adjacent to an activating group) is 1. The van der Waals surface area contributed by atoms with Gasteiger partial charge in [-0.25, -0.2) is 4.79 Å². The molecule has 4 heteroatoms. The fourth-order valence-corrected chi connectivity index (χ4v) is 2.40. The summed E-state index contributed by atoms with van der Waals surface area (Å²) in [4.78, 5) is 13.0. The van der Waals surface area contributed by atoms with E-state index in [-0.39, 0.29) is 6.03 Å². The number of carbonyl (C=O) groups excluding carboxylic acids is 1. The van der Waals surface area contributed by atoms with E-state index >= 15 is 0 Å². The van der Waals surface area contributed by atoms with Crippen LogP contribution in [-0.2, 0) is 0 Å². The van der Waals surface area contributed by atoms with Gasteiger partial charge in [0.25, 0.3) is 0 Å². The molecule has 11 heavy (non-hydrogen) atoms. The summed E-state index contributed by atoms with van der Waals surface area (Å²) in [5.74, 6) is 0.542. The van der Waals surface area contributed by atoms with Gasteiger partial charge in [-0.2, -0.15) is 0 Å². The Morgan fingerprint density at radius 1 is 1.64 bits per heavy atom. The largest absolute Gasteiger partial charge is 0.328 e. The quantitative estimate of drug-likeness (QED) is 0.524. The molecule has 1 aliphatic rings. The first-order valence-corrected chi connectivity index (χ1v) is 4.70. The molecule has 1 rings (SSSR count). The van der Waals surface area contributed by atoms with E-state index in [9.17, 15) is 4.79 Å². The molecule has 2 amide bonds. The second kappa shape index (κ2) is 3.16. The van der Waals surface area contributed by atoms with Crippen LogP contribution < -0.4 is 0 Å². The van der Waals surface area contributed by atoms with E-state index in [1.807, 2.05) is 7.05 Å². The Morgan fingerprint density at radius 2 is 2.18 bits per heavy atom. The van der Waals surface area contributed by atoms with E-state index in [0.29, 0.717) is 12.0 Å². The van der Waals surface area contributed by atoms with Crippen molar-refractivity contribution in [1.82, 2.24) is 8.01 Å². The van der Waals surface area contributed by atoms with Crippen LogP contribution in [0.4, 0.5) is 4.79 Å². The Bertz CT molecular complexity index is 172. The third-order valence-electron chi connectivity index (χ3n) is 2.03. The molecule has 1 unspecified atom stereocenters. The van der Waals surface area contributed by atoms with Gasteiger partial charge in [-0.05, 0) is 5.92 Å². The third-order valence-corrected chi connectivity index (χ3v) is 3.16. The van der Waals surface area contributed by atoms with E-state index in [2.05, 4.69) is 36.7 Å². The van der Waals surface area contributed by atoms with Gasteiger partial charge in [-0.3, -0.25) is 3.11 Å². The van der Waals surface area contributed by atoms with Crippen LogP contribution in [0.5, 0.6) is 0 Å². The third kappa shape index (κ3) is 1.60. The lowest BCUT2D eigenvalue weighted by Crippen LogP contribution is -2.28. The molecular formula is C7H13IN2O. The lowest BCUT2D eigenvalue weighted by atomic mass is 10.1. The second-order valence-corrected chi connectivity index (χ2v) is 4.33. The van der Waals surface area contributed by atoms with Gasteiger partial charge in [-0.1, -0.05) is 13.8 Å². The number of amides is 2. The van der Waals surface area contributed by atoms with Crippen molar-refractivity contribution in [3.05, 3.63) is 0 Å². The Balaban J connectivity index is 2.67. The minimum absolute atomic E-state index is 0.129. The van der Waals surface area contributed by atoms with Crippen molar-refractivity contribution >= 4 is 28.9 Å². The van der Waals surface area contributed by atoms with Gasteiger partial charge >= 0.3 is 6.03 Å². The van der Waals surface area contributed by atoms with Crippen LogP contribution in [0.1, 0.15) is 13.8 Å². The Kier molecular flexibility index (Phi) is 2.61. The van der Waals surface area contributed by atoms with E-state index in [1.165, 1.54) is 0 Å². The van der Waals surface area contributed by atoms with E-state index in [4.69, 9.17) is 0 Å². The topological polar surface area (TPSA) is 23.6 Å². The summed E-state index contributed by atoms with van der Waals surface area (Å²) in [6.45, 7) is 5.14. The number of rotatable bonds is 1. The Labute approximate surface area is 81.2 Å². The summed E-state index contributed by atoms with van der Waals surface area (Å²) in [5.41, 5.74) is 0. The lowest BCUT2D eigenvalue weighted by Gasteiger charge is -2.18. The Morgan fingerprint density at radius 3 is 2.36 bits per heavy atom. The Hall–Kier alpha value is 0. The van der Waals surface area contributed by atoms with Crippen molar-refractivity contribution in [1.29, 1.82) is 0 Å². The monoisotopic (exact) mass is 268 g/mol. The summed E-state index contributed by atoms with van der Waals surface area (Å²) in [6, 6.07) is 0.511. The molecule has 64 valence electrons. The van der Waals surface area contributed by atoms with Gasteiger partial charge < -0.3 is 4.90 Å². The number of nitrogens with zero attached hydrogens (tertiary/aromatic N) is 2. The molecule has 1 atom stereocenters. The van der Waals surface area contributed by atoms with Gasteiger partial charge in [0.2, 0.25) is 0 Å². The molecule has 0 bridgehead atoms. The number of urea groups is 1. The highest BCUT2D eigenvalue weighted by atomic mass is 127. The zero-order valence-corrected chi connectivity index (χ0v) is 9.20. The molecule has 3 nitrogen and oxygen atoms in total. The van der Waals surface area contributed by atoms with Crippen LogP contribution in [0.25, 0.3) is 0 Å². The standard InChI is InChI=1S/C7H13IN2O/c1-5(2)6-4-9(3)7(11)10(6)8/h5-6H,4H2,1-3H3. The minimum Gasteiger partial charge on any atom is -0.325 e. The summed E-state index contributed by atoms with van der Waals surface area (Å²) >= 11 is 2.09. The molecule has 0 aromatic carbocycles. The zero-order chi connectivity index (χ0) is 8.59. The first kappa shape index (κ1) is 9.09. The van der Waals surface area contributed by atoms with Crippen LogP contribution in [0, 0.1) is 5.92 Å². The minimum atomic E-state index is 0.129. The highest BCUT2D eigenvalue weighted by molar-refractivity contribution is 14.1. The van der Waals surface area contributed by atoms with Crippen LogP contribution in [-0.4, -0.2) is 33.7 Å². The van der Waals surface area contributed by atoms with Crippen molar-refractivity contribution in [2.75, 3.05) is 13.6 Å². The van der Waals surface area contributed by atoms with Crippen molar-refractivity contribution in [2.24, 2.45) is 5.92 Å². The molecule has 1 aliphatic heterocycles. The van der Waals surface area contributed by atoms with Crippen molar-refractivity contribution in [3.8, 4) is 0 Å². The molecule has 0 aromatic rings. The van der Waals surface area contributed by atoms with Gasteiger partial charge in [0.1, 0.15) is 0 Å². The van der Waals surface area contributed by atoms with Crippen LogP contribution >= 0.6 is 22.9 Å². The number of hydrogen-bond donors (Lipinski definition) is 0. The maximum Gasteiger partial charge on any atom is 0.328 e. The summed E-state index contributed by atoms with van der Waals surface area (Å²) < 4.78 is 1.79. The summed E-state index contributed by atoms with van der Waals surface area (Å²) in [5, 5.41) is 0. The average Bonchev–Trinajstić information content (AvgIpc) is 2.17. The van der Waals surface area contributed by atoms with Crippen molar-refractivity contribution in [3.63, 3.8) is 0 Å². The van der Waals surface area contributed by atoms with E-state index in [0.717, 1.165) is 6.54 Å². The molecular weight excluding hydrogens is 255 g/mol. The molecule has 1 heterocycles. The van der Waals surface area contributed by atoms with Gasteiger partial charge in [0, 0.05) is 13.6 Å². The normalized spacial score (nSPS) is 25.5. The highest BCUT2D eigenvalue weighted by Gasteiger charge is 2.35.